The van der Waals surface area contributed by atoms with E-state index in [4.69, 9.17) is 18.6 Å². The third kappa shape index (κ3) is 7.16. The standard InChI is InChI=1S/C46H51N3O8SSi/c1-29-39-42(51)49(46(4,5)38(50)25-45(2,3)59(53,33-15-9-7-10-16-33)34-17-11-8-12-18-34)44(52)48(43(39)58-40(29)41-47-21-22-56-41)26-37(35-19-13-14-20-36(35)54-6)57-32-23-30-27-55-28-31(30)24-32/h7-22,30-32,37,53H,23-28H2,1-6H3/t30-,31+,32?,37-/m0/s1. The van der Waals surface area contributed by atoms with E-state index in [1.165, 1.54) is 23.8 Å². The van der Waals surface area contributed by atoms with E-state index in [1.807, 2.05) is 106 Å². The monoisotopic (exact) mass is 833 g/mol. The fourth-order valence-electron chi connectivity index (χ4n) is 9.31. The minimum absolute atomic E-state index is 0.0355. The van der Waals surface area contributed by atoms with Crippen LogP contribution in [-0.2, 0) is 26.4 Å². The van der Waals surface area contributed by atoms with Gasteiger partial charge in [-0.05, 0) is 72.5 Å². The Balaban J connectivity index is 1.26. The number of aromatic nitrogens is 3. The lowest BCUT2D eigenvalue weighted by molar-refractivity contribution is -0.127. The number of benzene rings is 3. The first kappa shape index (κ1) is 40.8. The van der Waals surface area contributed by atoms with E-state index >= 15 is 9.59 Å². The number of methoxy groups -OCH3 is 1. The normalized spacial score (nSPS) is 18.9. The number of carbonyl (C=O) groups excluding carboxylic acids is 1. The molecule has 1 unspecified atom stereocenters. The van der Waals surface area contributed by atoms with Crippen LogP contribution in [0.5, 0.6) is 5.75 Å². The number of ether oxygens (including phenoxy) is 3. The highest BCUT2D eigenvalue weighted by molar-refractivity contribution is 7.22. The number of ketones is 1. The largest absolute Gasteiger partial charge is 0.496 e. The Labute approximate surface area is 348 Å². The minimum Gasteiger partial charge on any atom is -0.496 e. The highest BCUT2D eigenvalue weighted by Crippen LogP contribution is 2.44. The molecule has 13 heteroatoms. The third-order valence-corrected chi connectivity index (χ3v) is 18.5. The van der Waals surface area contributed by atoms with Crippen molar-refractivity contribution >= 4 is 46.0 Å². The minimum atomic E-state index is -3.63. The number of carbonyl (C=O) groups is 1. The lowest BCUT2D eigenvalue weighted by Gasteiger charge is -2.42. The first-order valence-corrected chi connectivity index (χ1v) is 22.9. The van der Waals surface area contributed by atoms with E-state index in [9.17, 15) is 9.59 Å². The molecule has 0 amide bonds. The van der Waals surface area contributed by atoms with Gasteiger partial charge in [-0.3, -0.25) is 14.2 Å². The molecule has 308 valence electrons. The fourth-order valence-corrected chi connectivity index (χ4v) is 14.2. The van der Waals surface area contributed by atoms with Crippen molar-refractivity contribution in [2.45, 2.75) is 83.2 Å². The Hall–Kier alpha value is -4.92. The SMILES string of the molecule is COc1ccccc1[C@H](Cn1c(=O)n(C(C)(C)C(=O)CC(C)(C)[Si](O)(c2ccccc2)c2ccccc2)c(=O)c2c(C)c(-c3ncco3)sc21)OC1C[C@H]2COC[C@H]2C1. The summed E-state index contributed by atoms with van der Waals surface area (Å²) in [6, 6.07) is 26.6. The molecule has 1 saturated carbocycles. The van der Waals surface area contributed by atoms with Gasteiger partial charge in [0.05, 0.1) is 36.2 Å². The molecule has 6 aromatic rings. The summed E-state index contributed by atoms with van der Waals surface area (Å²) >= 11 is 1.25. The van der Waals surface area contributed by atoms with Gasteiger partial charge < -0.3 is 23.4 Å². The van der Waals surface area contributed by atoms with Gasteiger partial charge in [0.25, 0.3) is 13.9 Å². The van der Waals surface area contributed by atoms with Gasteiger partial charge in [-0.1, -0.05) is 92.7 Å². The van der Waals surface area contributed by atoms with Crippen molar-refractivity contribution in [2.24, 2.45) is 11.8 Å². The van der Waals surface area contributed by atoms with Crippen molar-refractivity contribution in [3.05, 3.63) is 129 Å². The summed E-state index contributed by atoms with van der Waals surface area (Å²) < 4.78 is 27.0. The van der Waals surface area contributed by atoms with Gasteiger partial charge in [0.2, 0.25) is 5.89 Å². The lowest BCUT2D eigenvalue weighted by atomic mass is 9.91. The van der Waals surface area contributed by atoms with Crippen molar-refractivity contribution in [1.29, 1.82) is 0 Å². The summed E-state index contributed by atoms with van der Waals surface area (Å²) in [6.07, 6.45) is 3.85. The van der Waals surface area contributed by atoms with Gasteiger partial charge in [-0.15, -0.1) is 11.3 Å². The zero-order valence-corrected chi connectivity index (χ0v) is 36.2. The molecular weight excluding hydrogens is 783 g/mol. The number of para-hydroxylation sites is 1. The van der Waals surface area contributed by atoms with Gasteiger partial charge in [-0.2, -0.15) is 0 Å². The zero-order chi connectivity index (χ0) is 41.7. The highest BCUT2D eigenvalue weighted by atomic mass is 32.1. The van der Waals surface area contributed by atoms with E-state index in [1.54, 1.807) is 25.5 Å². The van der Waals surface area contributed by atoms with Gasteiger partial charge in [0.1, 0.15) is 28.5 Å². The summed E-state index contributed by atoms with van der Waals surface area (Å²) in [4.78, 5) is 63.6. The van der Waals surface area contributed by atoms with Crippen molar-refractivity contribution in [2.75, 3.05) is 20.3 Å². The molecule has 2 fully saturated rings. The topological polar surface area (TPSA) is 135 Å². The predicted octanol–water partition coefficient (Wildman–Crippen LogP) is 6.61. The summed E-state index contributed by atoms with van der Waals surface area (Å²) in [5.74, 6) is 1.42. The third-order valence-electron chi connectivity index (χ3n) is 12.7. The number of Topliss-reactive ketones (excluding diaryl/α,β-unsaturated/α-hetero) is 1. The van der Waals surface area contributed by atoms with Crippen LogP contribution in [0.2, 0.25) is 5.04 Å². The molecule has 3 aromatic carbocycles. The van der Waals surface area contributed by atoms with Crippen LogP contribution < -0.4 is 26.4 Å². The maximum absolute atomic E-state index is 15.3. The second-order valence-corrected chi connectivity index (χ2v) is 22.0. The number of fused-ring (bicyclic) bond motifs is 2. The van der Waals surface area contributed by atoms with E-state index < -0.39 is 36.2 Å². The van der Waals surface area contributed by atoms with Gasteiger partial charge in [0, 0.05) is 25.2 Å². The Morgan fingerprint density at radius 2 is 1.56 bits per heavy atom. The summed E-state index contributed by atoms with van der Waals surface area (Å²) in [5, 5.41) is 0.849. The molecule has 1 saturated heterocycles. The maximum Gasteiger partial charge on any atom is 0.333 e. The molecule has 0 radical (unpaired) electrons. The second kappa shape index (κ2) is 15.9. The summed E-state index contributed by atoms with van der Waals surface area (Å²) in [7, 11) is -2.02. The molecule has 0 bridgehead atoms. The fraction of sp³-hybridized carbons (Fsp3) is 0.391. The van der Waals surface area contributed by atoms with Crippen LogP contribution >= 0.6 is 11.3 Å². The smallest absolute Gasteiger partial charge is 0.333 e. The number of oxazole rings is 1. The zero-order valence-electron chi connectivity index (χ0n) is 34.3. The molecule has 1 N–H and O–H groups in total. The number of aryl methyl sites for hydroxylation is 1. The van der Waals surface area contributed by atoms with E-state index in [0.29, 0.717) is 57.3 Å². The molecule has 4 atom stereocenters. The van der Waals surface area contributed by atoms with Crippen LogP contribution in [0.25, 0.3) is 21.0 Å². The van der Waals surface area contributed by atoms with Crippen LogP contribution in [-0.4, -0.2) is 59.4 Å². The van der Waals surface area contributed by atoms with Gasteiger partial charge in [0.15, 0.2) is 5.78 Å². The molecule has 8 rings (SSSR count). The van der Waals surface area contributed by atoms with Crippen LogP contribution in [0, 0.1) is 18.8 Å². The molecule has 4 heterocycles. The number of hydrogen-bond acceptors (Lipinski definition) is 10. The number of nitrogens with zero attached hydrogens (tertiary/aromatic N) is 3. The van der Waals surface area contributed by atoms with Crippen molar-refractivity contribution in [3.8, 4) is 16.5 Å². The van der Waals surface area contributed by atoms with Gasteiger partial charge in [-0.25, -0.2) is 14.3 Å². The predicted molar refractivity (Wildman–Crippen MR) is 231 cm³/mol. The highest BCUT2D eigenvalue weighted by Gasteiger charge is 2.52. The van der Waals surface area contributed by atoms with Crippen molar-refractivity contribution < 1.29 is 28.2 Å². The number of thiophene rings is 1. The van der Waals surface area contributed by atoms with Crippen LogP contribution in [0.4, 0.5) is 0 Å². The van der Waals surface area contributed by atoms with Crippen LogP contribution in [0.15, 0.2) is 111 Å². The van der Waals surface area contributed by atoms with Crippen molar-refractivity contribution in [1.82, 2.24) is 14.1 Å². The molecule has 59 heavy (non-hydrogen) atoms. The summed E-state index contributed by atoms with van der Waals surface area (Å²) in [6.45, 7) is 10.3. The Morgan fingerprint density at radius 3 is 2.15 bits per heavy atom. The van der Waals surface area contributed by atoms with Crippen LogP contribution in [0.1, 0.15) is 64.2 Å². The second-order valence-electron chi connectivity index (χ2n) is 17.1. The lowest BCUT2D eigenvalue weighted by Crippen LogP contribution is -2.66. The molecular formula is C46H51N3O8SSi. The van der Waals surface area contributed by atoms with Gasteiger partial charge >= 0.3 is 5.69 Å². The quantitative estimate of drug-likeness (QED) is 0.120. The molecule has 1 aliphatic carbocycles. The Bertz CT molecular complexity index is 2530. The average Bonchev–Trinajstić information content (AvgIpc) is 4.05. The molecule has 2 aliphatic rings. The first-order valence-electron chi connectivity index (χ1n) is 20.2. The van der Waals surface area contributed by atoms with E-state index in [2.05, 4.69) is 4.98 Å². The Kier molecular flexibility index (Phi) is 11.0. The van der Waals surface area contributed by atoms with Crippen LogP contribution in [0.3, 0.4) is 0 Å². The molecule has 11 nitrogen and oxygen atoms in total. The van der Waals surface area contributed by atoms with Crippen molar-refractivity contribution in [3.63, 3.8) is 0 Å². The first-order chi connectivity index (χ1) is 28.3. The number of hydrogen-bond donors (Lipinski definition) is 1. The Morgan fingerprint density at radius 1 is 0.949 bits per heavy atom. The average molecular weight is 834 g/mol. The molecule has 1 aliphatic heterocycles. The molecule has 3 aromatic heterocycles. The summed E-state index contributed by atoms with van der Waals surface area (Å²) in [5.41, 5.74) is -1.49. The maximum atomic E-state index is 15.3. The number of rotatable bonds is 14. The van der Waals surface area contributed by atoms with E-state index in [-0.39, 0.29) is 24.9 Å². The molecule has 0 spiro atoms. The van der Waals surface area contributed by atoms with E-state index in [0.717, 1.165) is 33.3 Å².